The lowest BCUT2D eigenvalue weighted by atomic mass is 10.1. The smallest absolute Gasteiger partial charge is 0.300 e. The van der Waals surface area contributed by atoms with E-state index in [1.54, 1.807) is 6.92 Å². The molecule has 1 aromatic carbocycles. The number of alkyl halides is 4. The van der Waals surface area contributed by atoms with Crippen molar-refractivity contribution in [1.29, 1.82) is 0 Å². The van der Waals surface area contributed by atoms with Gasteiger partial charge in [-0.05, 0) is 50.2 Å². The summed E-state index contributed by atoms with van der Waals surface area (Å²) in [6, 6.07) is 5.76. The van der Waals surface area contributed by atoms with Crippen molar-refractivity contribution in [3.05, 3.63) is 35.4 Å². The van der Waals surface area contributed by atoms with Crippen LogP contribution in [0, 0.1) is 24.7 Å². The van der Waals surface area contributed by atoms with Crippen molar-refractivity contribution < 1.29 is 13.2 Å². The minimum Gasteiger partial charge on any atom is -0.300 e. The molecule has 0 aromatic heterocycles. The second-order valence-corrected chi connectivity index (χ2v) is 7.21. The first kappa shape index (κ1) is 18.6. The lowest BCUT2D eigenvalue weighted by Crippen LogP contribution is -2.33. The summed E-state index contributed by atoms with van der Waals surface area (Å²) >= 11 is 5.72. The minimum atomic E-state index is -4.21. The molecular formula is C18H25ClF3N. The third-order valence-corrected chi connectivity index (χ3v) is 5.40. The molecule has 130 valence electrons. The molecule has 1 aliphatic heterocycles. The Morgan fingerprint density at radius 1 is 1.17 bits per heavy atom. The van der Waals surface area contributed by atoms with Crippen LogP contribution in [0.4, 0.5) is 13.2 Å². The lowest BCUT2D eigenvalue weighted by Gasteiger charge is -2.25. The van der Waals surface area contributed by atoms with Crippen molar-refractivity contribution in [3.63, 3.8) is 0 Å². The van der Waals surface area contributed by atoms with Gasteiger partial charge in [-0.25, -0.2) is 0 Å². The number of likely N-dealkylation sites (tertiary alicyclic amines) is 1. The van der Waals surface area contributed by atoms with Crippen LogP contribution in [-0.4, -0.2) is 29.9 Å². The fraction of sp³-hybridized carbons (Fsp3) is 0.667. The first-order valence-electron chi connectivity index (χ1n) is 8.18. The van der Waals surface area contributed by atoms with Gasteiger partial charge in [0.2, 0.25) is 0 Å². The van der Waals surface area contributed by atoms with Gasteiger partial charge in [0.05, 0.1) is 5.56 Å². The van der Waals surface area contributed by atoms with E-state index in [-0.39, 0.29) is 0 Å². The largest absolute Gasteiger partial charge is 0.416 e. The van der Waals surface area contributed by atoms with Gasteiger partial charge in [0.1, 0.15) is 0 Å². The van der Waals surface area contributed by atoms with Gasteiger partial charge >= 0.3 is 6.18 Å². The summed E-state index contributed by atoms with van der Waals surface area (Å²) in [5.41, 5.74) is 0.237. The highest BCUT2D eigenvalue weighted by Gasteiger charge is 2.53. The molecule has 0 N–H and O–H groups in total. The van der Waals surface area contributed by atoms with Crippen molar-refractivity contribution in [2.45, 2.75) is 39.4 Å². The Kier molecular flexibility index (Phi) is 6.01. The first-order valence-corrected chi connectivity index (χ1v) is 8.71. The van der Waals surface area contributed by atoms with Gasteiger partial charge in [-0.2, -0.15) is 13.2 Å². The molecule has 5 heteroatoms. The van der Waals surface area contributed by atoms with Crippen LogP contribution in [0.2, 0.25) is 0 Å². The topological polar surface area (TPSA) is 3.24 Å². The van der Waals surface area contributed by atoms with E-state index in [4.69, 9.17) is 11.6 Å². The molecule has 1 heterocycles. The highest BCUT2D eigenvalue weighted by molar-refractivity contribution is 6.17. The van der Waals surface area contributed by atoms with Crippen LogP contribution in [0.3, 0.4) is 0 Å². The number of fused-ring (bicyclic) bond motifs is 1. The Balaban J connectivity index is 0.000000168. The molecule has 0 spiro atoms. The van der Waals surface area contributed by atoms with Crippen molar-refractivity contribution >= 4 is 11.6 Å². The molecule has 0 bridgehead atoms. The third kappa shape index (κ3) is 4.87. The first-order chi connectivity index (χ1) is 10.7. The standard InChI is InChI=1S/C10H18ClN.C8H7F3/c1-7(3-4-11)12-5-9-8(2)10(9)6-12;1-6-2-4-7(5-3-6)8(9,10)11/h7-10H,3-6H2,1-2H3;2-5H,1H3. The van der Waals surface area contributed by atoms with Gasteiger partial charge in [0.25, 0.3) is 0 Å². The van der Waals surface area contributed by atoms with Crippen molar-refractivity contribution in [3.8, 4) is 0 Å². The predicted molar refractivity (Wildman–Crippen MR) is 88.7 cm³/mol. The van der Waals surface area contributed by atoms with Gasteiger partial charge < -0.3 is 4.90 Å². The molecule has 2 aliphatic rings. The fourth-order valence-corrected chi connectivity index (χ4v) is 3.61. The van der Waals surface area contributed by atoms with E-state index >= 15 is 0 Å². The van der Waals surface area contributed by atoms with E-state index in [0.717, 1.165) is 47.8 Å². The molecule has 1 nitrogen and oxygen atoms in total. The zero-order valence-corrected chi connectivity index (χ0v) is 14.7. The summed E-state index contributed by atoms with van der Waals surface area (Å²) < 4.78 is 35.8. The monoisotopic (exact) mass is 347 g/mol. The van der Waals surface area contributed by atoms with Crippen molar-refractivity contribution in [2.75, 3.05) is 19.0 Å². The highest BCUT2D eigenvalue weighted by Crippen LogP contribution is 2.51. The SMILES string of the molecule is CC1C2CN(C(C)CCCl)CC12.Cc1ccc(C(F)(F)F)cc1. The van der Waals surface area contributed by atoms with Crippen LogP contribution in [-0.2, 0) is 6.18 Å². The quantitative estimate of drug-likeness (QED) is 0.678. The summed E-state index contributed by atoms with van der Waals surface area (Å²) in [5, 5.41) is 0. The van der Waals surface area contributed by atoms with Crippen molar-refractivity contribution in [1.82, 2.24) is 4.90 Å². The number of benzene rings is 1. The number of rotatable bonds is 3. The van der Waals surface area contributed by atoms with Gasteiger partial charge in [0.15, 0.2) is 0 Å². The fourth-order valence-electron chi connectivity index (χ4n) is 3.30. The van der Waals surface area contributed by atoms with Crippen LogP contribution in [0.15, 0.2) is 24.3 Å². The van der Waals surface area contributed by atoms with Crippen molar-refractivity contribution in [2.24, 2.45) is 17.8 Å². The molecular weight excluding hydrogens is 323 g/mol. The maximum absolute atomic E-state index is 11.9. The minimum absolute atomic E-state index is 0.594. The van der Waals surface area contributed by atoms with Crippen LogP contribution in [0.1, 0.15) is 31.4 Å². The molecule has 2 fully saturated rings. The number of piperidine rings is 1. The zero-order chi connectivity index (χ0) is 17.2. The Labute approximate surface area is 141 Å². The van der Waals surface area contributed by atoms with Crippen LogP contribution < -0.4 is 0 Å². The van der Waals surface area contributed by atoms with Gasteiger partial charge in [-0.1, -0.05) is 24.6 Å². The second-order valence-electron chi connectivity index (χ2n) is 6.83. The van der Waals surface area contributed by atoms with Gasteiger partial charge in [0, 0.05) is 25.0 Å². The molecule has 1 aromatic rings. The predicted octanol–water partition coefficient (Wildman–Crippen LogP) is 5.22. The number of aryl methyl sites for hydroxylation is 1. The second kappa shape index (κ2) is 7.43. The van der Waals surface area contributed by atoms with Crippen LogP contribution >= 0.6 is 11.6 Å². The Morgan fingerprint density at radius 2 is 1.70 bits per heavy atom. The molecule has 1 saturated heterocycles. The van der Waals surface area contributed by atoms with E-state index in [1.807, 2.05) is 0 Å². The molecule has 0 radical (unpaired) electrons. The number of hydrogen-bond donors (Lipinski definition) is 0. The summed E-state index contributed by atoms with van der Waals surface area (Å²) in [7, 11) is 0. The van der Waals surface area contributed by atoms with E-state index in [9.17, 15) is 13.2 Å². The molecule has 3 unspecified atom stereocenters. The summed E-state index contributed by atoms with van der Waals surface area (Å²) in [6.07, 6.45) is -3.07. The van der Waals surface area contributed by atoms with Gasteiger partial charge in [-0.15, -0.1) is 11.6 Å². The average Bonchev–Trinajstić information content (AvgIpc) is 2.89. The Bertz CT molecular complexity index is 488. The number of halogens is 4. The molecule has 3 atom stereocenters. The van der Waals surface area contributed by atoms with Crippen LogP contribution in [0.5, 0.6) is 0 Å². The summed E-state index contributed by atoms with van der Waals surface area (Å²) in [4.78, 5) is 2.61. The van der Waals surface area contributed by atoms with E-state index < -0.39 is 11.7 Å². The maximum atomic E-state index is 11.9. The Hall–Kier alpha value is -0.740. The van der Waals surface area contributed by atoms with Crippen LogP contribution in [0.25, 0.3) is 0 Å². The number of nitrogens with zero attached hydrogens (tertiary/aromatic N) is 1. The molecule has 1 saturated carbocycles. The Morgan fingerprint density at radius 3 is 2.13 bits per heavy atom. The maximum Gasteiger partial charge on any atom is 0.416 e. The lowest BCUT2D eigenvalue weighted by molar-refractivity contribution is -0.137. The third-order valence-electron chi connectivity index (χ3n) is 5.18. The normalized spacial score (nSPS) is 27.9. The number of hydrogen-bond acceptors (Lipinski definition) is 1. The van der Waals surface area contributed by atoms with E-state index in [1.165, 1.54) is 25.2 Å². The molecule has 1 aliphatic carbocycles. The summed E-state index contributed by atoms with van der Waals surface area (Å²) in [5.74, 6) is 3.89. The summed E-state index contributed by atoms with van der Waals surface area (Å²) in [6.45, 7) is 9.12. The highest BCUT2D eigenvalue weighted by atomic mass is 35.5. The zero-order valence-electron chi connectivity index (χ0n) is 13.9. The van der Waals surface area contributed by atoms with E-state index in [0.29, 0.717) is 6.04 Å². The average molecular weight is 348 g/mol. The molecule has 0 amide bonds. The molecule has 23 heavy (non-hydrogen) atoms. The van der Waals surface area contributed by atoms with Gasteiger partial charge in [-0.3, -0.25) is 0 Å². The van der Waals surface area contributed by atoms with E-state index in [2.05, 4.69) is 18.7 Å². The molecule has 3 rings (SSSR count).